The van der Waals surface area contributed by atoms with Gasteiger partial charge in [-0.25, -0.2) is 4.79 Å². The number of halogens is 3. The molecule has 2 unspecified atom stereocenters. The summed E-state index contributed by atoms with van der Waals surface area (Å²) in [6.45, 7) is 8.96. The molecule has 0 bridgehead atoms. The topological polar surface area (TPSA) is 97.0 Å². The van der Waals surface area contributed by atoms with Gasteiger partial charge in [0.05, 0.1) is 39.4 Å². The number of esters is 1. The Morgan fingerprint density at radius 2 is 1.63 bits per heavy atom. The molecule has 2 atom stereocenters. The van der Waals surface area contributed by atoms with Crippen LogP contribution in [0.1, 0.15) is 52.5 Å². The van der Waals surface area contributed by atoms with Gasteiger partial charge in [-0.1, -0.05) is 77.3 Å². The van der Waals surface area contributed by atoms with Crippen LogP contribution >= 0.6 is 34.8 Å². The van der Waals surface area contributed by atoms with Crippen LogP contribution in [0.2, 0.25) is 15.1 Å². The molecule has 1 aliphatic carbocycles. The zero-order chi connectivity index (χ0) is 30.9. The Labute approximate surface area is 266 Å². The maximum Gasteiger partial charge on any atom is 0.329 e. The summed E-state index contributed by atoms with van der Waals surface area (Å²) in [5.41, 5.74) is 2.58. The lowest BCUT2D eigenvalue weighted by atomic mass is 9.95. The second-order valence-corrected chi connectivity index (χ2v) is 11.6. The molecular weight excluding hydrogens is 613 g/mol. The minimum atomic E-state index is -0.966. The zero-order valence-electron chi connectivity index (χ0n) is 23.8. The van der Waals surface area contributed by atoms with Crippen molar-refractivity contribution in [3.63, 3.8) is 0 Å². The Balaban J connectivity index is 1.48. The average Bonchev–Trinajstić information content (AvgIpc) is 2.97. The van der Waals surface area contributed by atoms with E-state index in [1.54, 1.807) is 48.6 Å². The van der Waals surface area contributed by atoms with Crippen LogP contribution in [0.4, 0.5) is 0 Å². The van der Waals surface area contributed by atoms with Gasteiger partial charge in [0.25, 0.3) is 11.8 Å². The highest BCUT2D eigenvalue weighted by molar-refractivity contribution is 6.39. The number of allylic oxidation sites excluding steroid dienone is 3. The number of hydrogen-bond acceptors (Lipinski definition) is 6. The Morgan fingerprint density at radius 3 is 2.26 bits per heavy atom. The minimum Gasteiger partial charge on any atom is -0.460 e. The summed E-state index contributed by atoms with van der Waals surface area (Å²) < 4.78 is 11.2. The first-order chi connectivity index (χ1) is 20.7. The van der Waals surface area contributed by atoms with Crippen molar-refractivity contribution in [3.05, 3.63) is 98.2 Å². The van der Waals surface area contributed by atoms with Gasteiger partial charge in [0.1, 0.15) is 12.1 Å². The van der Waals surface area contributed by atoms with Gasteiger partial charge in [-0.2, -0.15) is 0 Å². The van der Waals surface area contributed by atoms with Gasteiger partial charge in [0, 0.05) is 25.3 Å². The summed E-state index contributed by atoms with van der Waals surface area (Å²) in [6, 6.07) is 8.98. The van der Waals surface area contributed by atoms with E-state index in [1.807, 2.05) is 13.0 Å². The first-order valence-electron chi connectivity index (χ1n) is 14.0. The van der Waals surface area contributed by atoms with Crippen LogP contribution in [0.5, 0.6) is 0 Å². The number of rotatable bonds is 11. The van der Waals surface area contributed by atoms with Crippen LogP contribution in [0.3, 0.4) is 0 Å². The molecule has 1 fully saturated rings. The highest BCUT2D eigenvalue weighted by Crippen LogP contribution is 2.27. The summed E-state index contributed by atoms with van der Waals surface area (Å²) >= 11 is 18.7. The Morgan fingerprint density at radius 1 is 0.977 bits per heavy atom. The third-order valence-corrected chi connectivity index (χ3v) is 8.13. The predicted octanol–water partition coefficient (Wildman–Crippen LogP) is 6.08. The predicted molar refractivity (Wildman–Crippen MR) is 170 cm³/mol. The average molecular weight is 647 g/mol. The quantitative estimate of drug-likeness (QED) is 0.288. The third-order valence-electron chi connectivity index (χ3n) is 7.18. The summed E-state index contributed by atoms with van der Waals surface area (Å²) in [7, 11) is 0. The highest BCUT2D eigenvalue weighted by Gasteiger charge is 2.28. The normalized spacial score (nSPS) is 16.7. The lowest BCUT2D eigenvalue weighted by Crippen LogP contribution is -2.46. The summed E-state index contributed by atoms with van der Waals surface area (Å²) in [4.78, 5) is 41.8. The van der Waals surface area contributed by atoms with Crippen molar-refractivity contribution in [3.8, 4) is 0 Å². The van der Waals surface area contributed by atoms with E-state index < -0.39 is 29.9 Å². The largest absolute Gasteiger partial charge is 0.460 e. The molecule has 2 aromatic rings. The molecule has 228 valence electrons. The maximum atomic E-state index is 13.4. The molecule has 2 aliphatic rings. The van der Waals surface area contributed by atoms with Gasteiger partial charge >= 0.3 is 5.97 Å². The van der Waals surface area contributed by atoms with E-state index in [2.05, 4.69) is 22.1 Å². The molecule has 0 spiro atoms. The number of nitrogens with one attached hydrogen (secondary N) is 2. The molecule has 2 aromatic carbocycles. The molecule has 0 saturated carbocycles. The Kier molecular flexibility index (Phi) is 11.8. The molecule has 2 amide bonds. The van der Waals surface area contributed by atoms with Crippen LogP contribution < -0.4 is 10.6 Å². The van der Waals surface area contributed by atoms with E-state index in [4.69, 9.17) is 44.3 Å². The van der Waals surface area contributed by atoms with Crippen molar-refractivity contribution < 1.29 is 23.9 Å². The number of amides is 2. The van der Waals surface area contributed by atoms with Crippen molar-refractivity contribution in [2.45, 2.75) is 38.3 Å². The number of benzene rings is 2. The lowest BCUT2D eigenvalue weighted by molar-refractivity contribution is -0.151. The molecule has 1 saturated heterocycles. The fourth-order valence-electron chi connectivity index (χ4n) is 4.98. The van der Waals surface area contributed by atoms with Crippen molar-refractivity contribution in [2.24, 2.45) is 0 Å². The second-order valence-electron chi connectivity index (χ2n) is 10.4. The fraction of sp³-hybridized carbons (Fsp3) is 0.344. The van der Waals surface area contributed by atoms with Crippen LogP contribution in [0.15, 0.2) is 66.4 Å². The standard InChI is InChI=1S/C32H34Cl3N3O5/c1-3-22-6-4-7-24(33)28(22)30(39)37-27(32(41)43-20(2)19-38-14-16-42-17-15-38)18-21-10-12-23(13-11-21)36-31(40)29-25(34)8-5-9-26(29)35/h3-10,12,20,27H,1,11,13-19H2,2H3,(H,36,40)(H,37,39). The molecular formula is C32H34Cl3N3O5. The van der Waals surface area contributed by atoms with Crippen LogP contribution in [0.25, 0.3) is 6.08 Å². The second kappa shape index (κ2) is 15.5. The van der Waals surface area contributed by atoms with Gasteiger partial charge in [-0.05, 0) is 56.0 Å². The van der Waals surface area contributed by atoms with Gasteiger partial charge in [0.2, 0.25) is 0 Å². The first kappa shape index (κ1) is 32.8. The lowest BCUT2D eigenvalue weighted by Gasteiger charge is -2.29. The molecule has 2 N–H and O–H groups in total. The zero-order valence-corrected chi connectivity index (χ0v) is 26.1. The van der Waals surface area contributed by atoms with E-state index in [0.29, 0.717) is 43.9 Å². The van der Waals surface area contributed by atoms with Crippen molar-refractivity contribution in [2.75, 3.05) is 32.8 Å². The van der Waals surface area contributed by atoms with Crippen molar-refractivity contribution in [1.82, 2.24) is 15.5 Å². The molecule has 0 radical (unpaired) electrons. The summed E-state index contributed by atoms with van der Waals surface area (Å²) in [5, 5.41) is 6.47. The Bertz CT molecular complexity index is 1420. The van der Waals surface area contributed by atoms with E-state index in [-0.39, 0.29) is 32.6 Å². The van der Waals surface area contributed by atoms with Crippen molar-refractivity contribution in [1.29, 1.82) is 0 Å². The fourth-order valence-corrected chi connectivity index (χ4v) is 5.82. The number of carbonyl (C=O) groups is 3. The molecule has 11 heteroatoms. The number of ether oxygens (including phenoxy) is 2. The highest BCUT2D eigenvalue weighted by atomic mass is 35.5. The van der Waals surface area contributed by atoms with E-state index >= 15 is 0 Å². The summed E-state index contributed by atoms with van der Waals surface area (Å²) in [5.74, 6) is -1.45. The SMILES string of the molecule is C=Cc1cccc(Cl)c1C(=O)NC(CC1=CC=C(NC(=O)c2c(Cl)cccc2Cl)CC1)C(=O)OC(C)CN1CCOCC1. The maximum absolute atomic E-state index is 13.4. The van der Waals surface area contributed by atoms with Gasteiger partial charge in [0.15, 0.2) is 0 Å². The Hall–Kier alpha value is -3.14. The number of carbonyl (C=O) groups excluding carboxylic acids is 3. The molecule has 1 heterocycles. The van der Waals surface area contributed by atoms with Crippen molar-refractivity contribution >= 4 is 58.7 Å². The number of nitrogens with zero attached hydrogens (tertiary/aromatic N) is 1. The van der Waals surface area contributed by atoms with E-state index in [9.17, 15) is 14.4 Å². The van der Waals surface area contributed by atoms with Crippen LogP contribution in [-0.4, -0.2) is 67.7 Å². The molecule has 43 heavy (non-hydrogen) atoms. The van der Waals surface area contributed by atoms with E-state index in [0.717, 1.165) is 18.7 Å². The smallest absolute Gasteiger partial charge is 0.329 e. The van der Waals surface area contributed by atoms with Gasteiger partial charge < -0.3 is 20.1 Å². The summed E-state index contributed by atoms with van der Waals surface area (Å²) in [6.07, 6.45) is 6.03. The molecule has 1 aliphatic heterocycles. The third kappa shape index (κ3) is 8.94. The minimum absolute atomic E-state index is 0.205. The monoisotopic (exact) mass is 645 g/mol. The van der Waals surface area contributed by atoms with Crippen LogP contribution in [0, 0.1) is 0 Å². The van der Waals surface area contributed by atoms with Gasteiger partial charge in [-0.15, -0.1) is 0 Å². The molecule has 8 nitrogen and oxygen atoms in total. The first-order valence-corrected chi connectivity index (χ1v) is 15.2. The number of morpholine rings is 1. The molecule has 4 rings (SSSR count). The number of hydrogen-bond donors (Lipinski definition) is 2. The molecule has 0 aromatic heterocycles. The van der Waals surface area contributed by atoms with E-state index in [1.165, 1.54) is 0 Å². The van der Waals surface area contributed by atoms with Crippen LogP contribution in [-0.2, 0) is 14.3 Å². The van der Waals surface area contributed by atoms with Gasteiger partial charge in [-0.3, -0.25) is 14.5 Å².